The van der Waals surface area contributed by atoms with Gasteiger partial charge in [0.05, 0.1) is 0 Å². The average Bonchev–Trinajstić information content (AvgIpc) is 2.52. The van der Waals surface area contributed by atoms with E-state index in [0.29, 0.717) is 12.3 Å². The number of nitrogens with zero attached hydrogens (tertiary/aromatic N) is 1. The molecule has 2 rings (SSSR count). The third-order valence-corrected chi connectivity index (χ3v) is 4.13. The Hall–Kier alpha value is -1.11. The number of carbonyl (C=O) groups is 1. The first kappa shape index (κ1) is 17.2. The molecule has 1 aliphatic heterocycles. The maximum Gasteiger partial charge on any atom is 0.260 e. The van der Waals surface area contributed by atoms with E-state index >= 15 is 0 Å². The first-order valence-electron chi connectivity index (χ1n) is 7.78. The highest BCUT2D eigenvalue weighted by Crippen LogP contribution is 2.18. The zero-order chi connectivity index (χ0) is 15.8. The lowest BCUT2D eigenvalue weighted by Gasteiger charge is -2.27. The number of carbonyl (C=O) groups excluding carboxylic acids is 1. The fourth-order valence-electron chi connectivity index (χ4n) is 2.39. The molecule has 2 N–H and O–H groups in total. The van der Waals surface area contributed by atoms with Gasteiger partial charge in [0.15, 0.2) is 6.10 Å². The van der Waals surface area contributed by atoms with Crippen LogP contribution in [0.3, 0.4) is 0 Å². The first-order chi connectivity index (χ1) is 10.6. The van der Waals surface area contributed by atoms with Gasteiger partial charge in [-0.15, -0.1) is 0 Å². The summed E-state index contributed by atoms with van der Waals surface area (Å²) in [6.07, 6.45) is 0.475. The molecule has 0 saturated carbocycles. The van der Waals surface area contributed by atoms with Crippen molar-refractivity contribution in [1.29, 1.82) is 0 Å². The summed E-state index contributed by atoms with van der Waals surface area (Å²) < 4.78 is 6.58. The molecule has 0 aromatic heterocycles. The van der Waals surface area contributed by atoms with Gasteiger partial charge in [-0.3, -0.25) is 4.79 Å². The second-order valence-corrected chi connectivity index (χ2v) is 6.37. The fraction of sp³-hybridized carbons (Fsp3) is 0.562. The number of benzene rings is 1. The molecular weight excluding hydrogens is 346 g/mol. The van der Waals surface area contributed by atoms with Gasteiger partial charge in [-0.05, 0) is 38.1 Å². The van der Waals surface area contributed by atoms with Crippen molar-refractivity contribution in [2.45, 2.75) is 19.4 Å². The predicted octanol–water partition coefficient (Wildman–Crippen LogP) is 1.63. The summed E-state index contributed by atoms with van der Waals surface area (Å²) in [5, 5.41) is 6.27. The molecule has 1 aromatic carbocycles. The smallest absolute Gasteiger partial charge is 0.260 e. The Labute approximate surface area is 140 Å². The van der Waals surface area contributed by atoms with Gasteiger partial charge in [0.25, 0.3) is 5.91 Å². The van der Waals surface area contributed by atoms with Crippen molar-refractivity contribution in [2.75, 3.05) is 39.3 Å². The van der Waals surface area contributed by atoms with Gasteiger partial charge in [0.2, 0.25) is 0 Å². The minimum absolute atomic E-state index is 0.0692. The SMILES string of the molecule is CC(Oc1cccc(Br)c1)C(=O)NCCCN1CCNCC1. The zero-order valence-corrected chi connectivity index (χ0v) is 14.6. The molecule has 1 aromatic rings. The number of ether oxygens (including phenoxy) is 1. The Bertz CT molecular complexity index is 478. The average molecular weight is 370 g/mol. The Balaban J connectivity index is 1.63. The molecule has 0 aliphatic carbocycles. The molecule has 1 saturated heterocycles. The number of amides is 1. The normalized spacial score (nSPS) is 17.0. The van der Waals surface area contributed by atoms with E-state index in [-0.39, 0.29) is 5.91 Å². The third kappa shape index (κ3) is 5.94. The fourth-order valence-corrected chi connectivity index (χ4v) is 2.77. The van der Waals surface area contributed by atoms with Crippen molar-refractivity contribution in [3.8, 4) is 5.75 Å². The lowest BCUT2D eigenvalue weighted by atomic mass is 10.3. The van der Waals surface area contributed by atoms with Crippen molar-refractivity contribution in [2.24, 2.45) is 0 Å². The van der Waals surface area contributed by atoms with Crippen LogP contribution in [0, 0.1) is 0 Å². The van der Waals surface area contributed by atoms with Crippen LogP contribution in [0.25, 0.3) is 0 Å². The van der Waals surface area contributed by atoms with Crippen LogP contribution < -0.4 is 15.4 Å². The topological polar surface area (TPSA) is 53.6 Å². The van der Waals surface area contributed by atoms with Gasteiger partial charge in [0, 0.05) is 37.2 Å². The zero-order valence-electron chi connectivity index (χ0n) is 13.0. The molecule has 5 nitrogen and oxygen atoms in total. The van der Waals surface area contributed by atoms with Crippen LogP contribution in [0.2, 0.25) is 0 Å². The molecule has 1 heterocycles. The monoisotopic (exact) mass is 369 g/mol. The quantitative estimate of drug-likeness (QED) is 0.717. The van der Waals surface area contributed by atoms with E-state index in [2.05, 4.69) is 31.5 Å². The molecule has 0 radical (unpaired) electrons. The summed E-state index contributed by atoms with van der Waals surface area (Å²) in [5.41, 5.74) is 0. The summed E-state index contributed by atoms with van der Waals surface area (Å²) in [4.78, 5) is 14.4. The molecule has 1 unspecified atom stereocenters. The minimum atomic E-state index is -0.492. The van der Waals surface area contributed by atoms with E-state index in [1.165, 1.54) is 0 Å². The summed E-state index contributed by atoms with van der Waals surface area (Å²) >= 11 is 3.39. The van der Waals surface area contributed by atoms with Crippen LogP contribution in [0.1, 0.15) is 13.3 Å². The van der Waals surface area contributed by atoms with Crippen LogP contribution in [0.5, 0.6) is 5.75 Å². The summed E-state index contributed by atoms with van der Waals surface area (Å²) in [6.45, 7) is 7.80. The van der Waals surface area contributed by atoms with Gasteiger partial charge in [-0.1, -0.05) is 22.0 Å². The Morgan fingerprint density at radius 1 is 1.45 bits per heavy atom. The van der Waals surface area contributed by atoms with Gasteiger partial charge < -0.3 is 20.3 Å². The van der Waals surface area contributed by atoms with Crippen molar-refractivity contribution in [1.82, 2.24) is 15.5 Å². The van der Waals surface area contributed by atoms with Gasteiger partial charge in [0.1, 0.15) is 5.75 Å². The van der Waals surface area contributed by atoms with E-state index < -0.39 is 6.10 Å². The summed E-state index contributed by atoms with van der Waals surface area (Å²) in [7, 11) is 0. The van der Waals surface area contributed by atoms with Gasteiger partial charge >= 0.3 is 0 Å². The molecule has 22 heavy (non-hydrogen) atoms. The van der Waals surface area contributed by atoms with Gasteiger partial charge in [-0.2, -0.15) is 0 Å². The summed E-state index contributed by atoms with van der Waals surface area (Å²) in [5.74, 6) is 0.623. The largest absolute Gasteiger partial charge is 0.481 e. The molecule has 1 amide bonds. The maximum absolute atomic E-state index is 12.0. The Morgan fingerprint density at radius 3 is 2.95 bits per heavy atom. The first-order valence-corrected chi connectivity index (χ1v) is 8.57. The molecule has 122 valence electrons. The molecule has 0 bridgehead atoms. The highest BCUT2D eigenvalue weighted by Gasteiger charge is 2.14. The molecule has 1 atom stereocenters. The molecule has 6 heteroatoms. The van der Waals surface area contributed by atoms with Crippen LogP contribution in [-0.4, -0.2) is 56.2 Å². The number of piperazine rings is 1. The van der Waals surface area contributed by atoms with Gasteiger partial charge in [-0.25, -0.2) is 0 Å². The summed E-state index contributed by atoms with van der Waals surface area (Å²) in [6, 6.07) is 7.51. The van der Waals surface area contributed by atoms with E-state index in [9.17, 15) is 4.79 Å². The predicted molar refractivity (Wildman–Crippen MR) is 91.2 cm³/mol. The highest BCUT2D eigenvalue weighted by molar-refractivity contribution is 9.10. The van der Waals surface area contributed by atoms with Crippen LogP contribution >= 0.6 is 15.9 Å². The van der Waals surface area contributed by atoms with E-state index in [0.717, 1.165) is 43.6 Å². The number of rotatable bonds is 7. The molecular formula is C16H24BrN3O2. The molecule has 1 fully saturated rings. The number of halogens is 1. The van der Waals surface area contributed by atoms with Crippen molar-refractivity contribution < 1.29 is 9.53 Å². The van der Waals surface area contributed by atoms with E-state index in [1.54, 1.807) is 6.92 Å². The van der Waals surface area contributed by atoms with Crippen molar-refractivity contribution >= 4 is 21.8 Å². The molecule has 0 spiro atoms. The van der Waals surface area contributed by atoms with Crippen LogP contribution in [-0.2, 0) is 4.79 Å². The minimum Gasteiger partial charge on any atom is -0.481 e. The Morgan fingerprint density at radius 2 is 2.23 bits per heavy atom. The standard InChI is InChI=1S/C16H24BrN3O2/c1-13(22-15-5-2-4-14(17)12-15)16(21)19-6-3-9-20-10-7-18-8-11-20/h2,4-5,12-13,18H,3,6-11H2,1H3,(H,19,21). The van der Waals surface area contributed by atoms with Crippen LogP contribution in [0.15, 0.2) is 28.7 Å². The number of nitrogens with one attached hydrogen (secondary N) is 2. The second kappa shape index (κ2) is 9.12. The molecule has 1 aliphatic rings. The van der Waals surface area contributed by atoms with E-state index in [4.69, 9.17) is 4.74 Å². The highest BCUT2D eigenvalue weighted by atomic mass is 79.9. The van der Waals surface area contributed by atoms with Crippen LogP contribution in [0.4, 0.5) is 0 Å². The number of hydrogen-bond donors (Lipinski definition) is 2. The Kier molecular flexibility index (Phi) is 7.15. The van der Waals surface area contributed by atoms with Crippen molar-refractivity contribution in [3.05, 3.63) is 28.7 Å². The van der Waals surface area contributed by atoms with Crippen molar-refractivity contribution in [3.63, 3.8) is 0 Å². The number of hydrogen-bond acceptors (Lipinski definition) is 4. The second-order valence-electron chi connectivity index (χ2n) is 5.45. The maximum atomic E-state index is 12.0. The lowest BCUT2D eigenvalue weighted by Crippen LogP contribution is -2.44. The lowest BCUT2D eigenvalue weighted by molar-refractivity contribution is -0.127. The van der Waals surface area contributed by atoms with E-state index in [1.807, 2.05) is 24.3 Å². The third-order valence-electron chi connectivity index (χ3n) is 3.64.